The summed E-state index contributed by atoms with van der Waals surface area (Å²) >= 11 is 0. The van der Waals surface area contributed by atoms with Crippen molar-refractivity contribution in [1.29, 1.82) is 0 Å². The van der Waals surface area contributed by atoms with Crippen molar-refractivity contribution < 1.29 is 17.9 Å². The summed E-state index contributed by atoms with van der Waals surface area (Å²) in [4.78, 5) is 16.9. The third kappa shape index (κ3) is 4.96. The molecule has 0 atom stereocenters. The van der Waals surface area contributed by atoms with Gasteiger partial charge in [-0.1, -0.05) is 12.1 Å². The predicted molar refractivity (Wildman–Crippen MR) is 113 cm³/mol. The van der Waals surface area contributed by atoms with E-state index in [1.807, 2.05) is 24.3 Å². The van der Waals surface area contributed by atoms with E-state index in [9.17, 15) is 13.2 Å². The highest BCUT2D eigenvalue weighted by molar-refractivity contribution is 7.89. The summed E-state index contributed by atoms with van der Waals surface area (Å²) in [5, 5.41) is 0. The second-order valence-electron chi connectivity index (χ2n) is 6.65. The Morgan fingerprint density at radius 3 is 2.45 bits per heavy atom. The third-order valence-electron chi connectivity index (χ3n) is 4.81. The zero-order valence-corrected chi connectivity index (χ0v) is 17.2. The zero-order valence-electron chi connectivity index (χ0n) is 16.4. The fourth-order valence-corrected chi connectivity index (χ4v) is 4.24. The number of hydrogen-bond donors (Lipinski definition) is 1. The minimum absolute atomic E-state index is 0.0714. The van der Waals surface area contributed by atoms with E-state index in [1.165, 1.54) is 18.2 Å². The van der Waals surface area contributed by atoms with Crippen LogP contribution in [0, 0.1) is 0 Å². The van der Waals surface area contributed by atoms with Gasteiger partial charge in [0.05, 0.1) is 12.0 Å². The minimum atomic E-state index is -3.67. The molecule has 0 aliphatic carbocycles. The zero-order chi connectivity index (χ0) is 20.9. The molecule has 0 radical (unpaired) electrons. The Bertz CT molecular complexity index is 966. The van der Waals surface area contributed by atoms with Crippen molar-refractivity contribution in [3.63, 3.8) is 0 Å². The molecule has 2 aromatic rings. The van der Waals surface area contributed by atoms with Crippen LogP contribution in [0.5, 0.6) is 5.75 Å². The Hall–Kier alpha value is -2.84. The summed E-state index contributed by atoms with van der Waals surface area (Å²) in [6, 6.07) is 14.0. The van der Waals surface area contributed by atoms with E-state index in [4.69, 9.17) is 4.74 Å². The van der Waals surface area contributed by atoms with Crippen molar-refractivity contribution in [3.05, 3.63) is 66.7 Å². The van der Waals surface area contributed by atoms with Gasteiger partial charge in [-0.3, -0.25) is 4.79 Å². The maximum absolute atomic E-state index is 12.9. The van der Waals surface area contributed by atoms with Gasteiger partial charge in [-0.15, -0.1) is 6.58 Å². The van der Waals surface area contributed by atoms with Crippen molar-refractivity contribution in [3.8, 4) is 5.75 Å². The van der Waals surface area contributed by atoms with E-state index < -0.39 is 10.0 Å². The summed E-state index contributed by atoms with van der Waals surface area (Å²) in [7, 11) is -2.04. The highest BCUT2D eigenvalue weighted by Crippen LogP contribution is 2.21. The summed E-state index contributed by atoms with van der Waals surface area (Å²) < 4.78 is 32.2. The lowest BCUT2D eigenvalue weighted by molar-refractivity contribution is 0.0746. The molecule has 1 saturated heterocycles. The lowest BCUT2D eigenvalue weighted by atomic mass is 10.1. The summed E-state index contributed by atoms with van der Waals surface area (Å²) in [5.74, 6) is 0.639. The molecule has 0 saturated carbocycles. The van der Waals surface area contributed by atoms with Crippen LogP contribution < -0.4 is 14.4 Å². The van der Waals surface area contributed by atoms with Crippen molar-refractivity contribution in [2.45, 2.75) is 4.90 Å². The number of methoxy groups -OCH3 is 1. The molecule has 0 bridgehead atoms. The number of carbonyl (C=O) groups is 1. The molecule has 0 aromatic heterocycles. The number of piperazine rings is 1. The first-order valence-corrected chi connectivity index (χ1v) is 10.8. The summed E-state index contributed by atoms with van der Waals surface area (Å²) in [5.41, 5.74) is 1.45. The maximum Gasteiger partial charge on any atom is 0.254 e. The SMILES string of the molecule is C=CCNS(=O)(=O)c1cccc(C(=O)N2CCN(c3ccc(OC)cc3)CC2)c1. The van der Waals surface area contributed by atoms with Gasteiger partial charge in [-0.05, 0) is 42.5 Å². The molecular formula is C21H25N3O4S. The standard InChI is InChI=1S/C21H25N3O4S/c1-3-11-22-29(26,27)20-6-4-5-17(16-20)21(25)24-14-12-23(13-15-24)18-7-9-19(28-2)10-8-18/h3-10,16,22H,1,11-15H2,2H3. The molecule has 154 valence electrons. The Kier molecular flexibility index (Phi) is 6.56. The first-order chi connectivity index (χ1) is 13.9. The van der Waals surface area contributed by atoms with Gasteiger partial charge in [-0.2, -0.15) is 0 Å². The van der Waals surface area contributed by atoms with Gasteiger partial charge in [0.25, 0.3) is 5.91 Å². The molecule has 1 N–H and O–H groups in total. The van der Waals surface area contributed by atoms with Crippen LogP contribution in [0.15, 0.2) is 66.1 Å². The molecule has 1 amide bonds. The van der Waals surface area contributed by atoms with E-state index in [1.54, 1.807) is 24.1 Å². The van der Waals surface area contributed by atoms with Crippen LogP contribution in [0.25, 0.3) is 0 Å². The highest BCUT2D eigenvalue weighted by atomic mass is 32.2. The largest absolute Gasteiger partial charge is 0.497 e. The topological polar surface area (TPSA) is 79.0 Å². The number of hydrogen-bond acceptors (Lipinski definition) is 5. The predicted octanol–water partition coefficient (Wildman–Crippen LogP) is 2.12. The van der Waals surface area contributed by atoms with Gasteiger partial charge in [0.2, 0.25) is 10.0 Å². The lowest BCUT2D eigenvalue weighted by Gasteiger charge is -2.36. The van der Waals surface area contributed by atoms with Gasteiger partial charge >= 0.3 is 0 Å². The van der Waals surface area contributed by atoms with E-state index in [0.717, 1.165) is 11.4 Å². The molecule has 0 unspecified atom stereocenters. The quantitative estimate of drug-likeness (QED) is 0.701. The van der Waals surface area contributed by atoms with Crippen LogP contribution in [0.1, 0.15) is 10.4 Å². The van der Waals surface area contributed by atoms with Crippen molar-refractivity contribution in [2.75, 3.05) is 44.7 Å². The number of amides is 1. The molecule has 1 aliphatic rings. The summed E-state index contributed by atoms with van der Waals surface area (Å²) in [6.45, 7) is 6.18. The van der Waals surface area contributed by atoms with Crippen LogP contribution in [0.2, 0.25) is 0 Å². The minimum Gasteiger partial charge on any atom is -0.497 e. The number of rotatable bonds is 7. The van der Waals surface area contributed by atoms with Gasteiger partial charge in [-0.25, -0.2) is 13.1 Å². The highest BCUT2D eigenvalue weighted by Gasteiger charge is 2.23. The van der Waals surface area contributed by atoms with Crippen LogP contribution in [-0.2, 0) is 10.0 Å². The Morgan fingerprint density at radius 1 is 1.14 bits per heavy atom. The van der Waals surface area contributed by atoms with Crippen LogP contribution in [0.3, 0.4) is 0 Å². The number of nitrogens with zero attached hydrogens (tertiary/aromatic N) is 2. The average molecular weight is 416 g/mol. The normalized spacial score (nSPS) is 14.5. The van der Waals surface area contributed by atoms with E-state index in [-0.39, 0.29) is 17.3 Å². The molecular weight excluding hydrogens is 390 g/mol. The fourth-order valence-electron chi connectivity index (χ4n) is 3.19. The Balaban J connectivity index is 1.66. The molecule has 29 heavy (non-hydrogen) atoms. The second-order valence-corrected chi connectivity index (χ2v) is 8.41. The number of nitrogens with one attached hydrogen (secondary N) is 1. The monoisotopic (exact) mass is 415 g/mol. The molecule has 2 aromatic carbocycles. The molecule has 3 rings (SSSR count). The lowest BCUT2D eigenvalue weighted by Crippen LogP contribution is -2.48. The molecule has 1 fully saturated rings. The van der Waals surface area contributed by atoms with E-state index in [2.05, 4.69) is 16.2 Å². The molecule has 8 heteroatoms. The number of carbonyl (C=O) groups excluding carboxylic acids is 1. The Labute approximate surface area is 171 Å². The fraction of sp³-hybridized carbons (Fsp3) is 0.286. The second kappa shape index (κ2) is 9.11. The third-order valence-corrected chi connectivity index (χ3v) is 6.23. The number of ether oxygens (including phenoxy) is 1. The van der Waals surface area contributed by atoms with Crippen molar-refractivity contribution >= 4 is 21.6 Å². The molecule has 1 aliphatic heterocycles. The first kappa shape index (κ1) is 20.9. The van der Waals surface area contributed by atoms with Gasteiger partial charge < -0.3 is 14.5 Å². The molecule has 7 nitrogen and oxygen atoms in total. The number of sulfonamides is 1. The van der Waals surface area contributed by atoms with Gasteiger partial charge in [0, 0.05) is 44.0 Å². The van der Waals surface area contributed by atoms with Crippen molar-refractivity contribution in [1.82, 2.24) is 9.62 Å². The van der Waals surface area contributed by atoms with Crippen LogP contribution >= 0.6 is 0 Å². The average Bonchev–Trinajstić information content (AvgIpc) is 2.77. The smallest absolute Gasteiger partial charge is 0.254 e. The maximum atomic E-state index is 12.9. The first-order valence-electron chi connectivity index (χ1n) is 9.33. The summed E-state index contributed by atoms with van der Waals surface area (Å²) in [6.07, 6.45) is 1.47. The molecule has 1 heterocycles. The van der Waals surface area contributed by atoms with Crippen LogP contribution in [-0.4, -0.2) is 59.1 Å². The number of anilines is 1. The van der Waals surface area contributed by atoms with Gasteiger partial charge in [0.1, 0.15) is 5.75 Å². The Morgan fingerprint density at radius 2 is 1.83 bits per heavy atom. The number of benzene rings is 2. The molecule has 0 spiro atoms. The van der Waals surface area contributed by atoms with E-state index in [0.29, 0.717) is 31.7 Å². The van der Waals surface area contributed by atoms with Gasteiger partial charge in [0.15, 0.2) is 0 Å². The van der Waals surface area contributed by atoms with Crippen LogP contribution in [0.4, 0.5) is 5.69 Å². The van der Waals surface area contributed by atoms with Crippen molar-refractivity contribution in [2.24, 2.45) is 0 Å². The van der Waals surface area contributed by atoms with E-state index >= 15 is 0 Å².